The summed E-state index contributed by atoms with van der Waals surface area (Å²) < 4.78 is 12.8. The molecule has 1 fully saturated rings. The predicted octanol–water partition coefficient (Wildman–Crippen LogP) is 1.53. The molecule has 2 aromatic rings. The highest BCUT2D eigenvalue weighted by molar-refractivity contribution is 5.97. The number of amides is 2. The lowest BCUT2D eigenvalue weighted by molar-refractivity contribution is -0.136. The Labute approximate surface area is 151 Å². The maximum Gasteiger partial charge on any atom is 0.251 e. The minimum Gasteiger partial charge on any atom is -0.391 e. The summed E-state index contributed by atoms with van der Waals surface area (Å²) in [6, 6.07) is 8.67. The van der Waals surface area contributed by atoms with Crippen molar-refractivity contribution in [3.05, 3.63) is 42.1 Å². The van der Waals surface area contributed by atoms with Crippen molar-refractivity contribution in [2.45, 2.75) is 25.5 Å². The van der Waals surface area contributed by atoms with Crippen LogP contribution in [0.4, 0.5) is 4.39 Å². The quantitative estimate of drug-likeness (QED) is 0.848. The minimum absolute atomic E-state index is 0.170. The summed E-state index contributed by atoms with van der Waals surface area (Å²) in [5, 5.41) is 13.6. The zero-order chi connectivity index (χ0) is 18.7. The molecule has 1 aliphatic rings. The van der Waals surface area contributed by atoms with Gasteiger partial charge in [0.15, 0.2) is 0 Å². The fourth-order valence-electron chi connectivity index (χ4n) is 3.22. The van der Waals surface area contributed by atoms with E-state index in [1.165, 1.54) is 11.8 Å². The Morgan fingerprint density at radius 1 is 1.42 bits per heavy atom. The zero-order valence-electron chi connectivity index (χ0n) is 14.6. The number of fused-ring (bicyclic) bond motifs is 1. The Morgan fingerprint density at radius 3 is 3.00 bits per heavy atom. The highest BCUT2D eigenvalue weighted by Gasteiger charge is 2.36. The van der Waals surface area contributed by atoms with Gasteiger partial charge in [-0.15, -0.1) is 0 Å². The Bertz CT molecular complexity index is 813. The van der Waals surface area contributed by atoms with Crippen molar-refractivity contribution in [1.82, 2.24) is 15.2 Å². The molecular formula is C19H22FN3O3. The number of aliphatic hydroxyl groups is 1. The van der Waals surface area contributed by atoms with Gasteiger partial charge in [-0.05, 0) is 24.6 Å². The van der Waals surface area contributed by atoms with Crippen LogP contribution in [-0.4, -0.2) is 58.7 Å². The van der Waals surface area contributed by atoms with Crippen LogP contribution >= 0.6 is 0 Å². The van der Waals surface area contributed by atoms with E-state index in [0.29, 0.717) is 12.0 Å². The predicted molar refractivity (Wildman–Crippen MR) is 95.3 cm³/mol. The van der Waals surface area contributed by atoms with Crippen LogP contribution < -0.4 is 5.32 Å². The van der Waals surface area contributed by atoms with Crippen LogP contribution in [0.3, 0.4) is 0 Å². The SMILES string of the molecule is CC(CF)C(=O)N1C[C@H](O)C[C@@H]1CNC(=O)c1ccc2cccnc2c1. The lowest BCUT2D eigenvalue weighted by Crippen LogP contribution is -2.45. The molecule has 1 unspecified atom stereocenters. The molecule has 3 rings (SSSR count). The third kappa shape index (κ3) is 3.83. The fourth-order valence-corrected chi connectivity index (χ4v) is 3.22. The first kappa shape index (κ1) is 18.3. The van der Waals surface area contributed by atoms with Gasteiger partial charge in [-0.1, -0.05) is 19.1 Å². The van der Waals surface area contributed by atoms with Gasteiger partial charge >= 0.3 is 0 Å². The summed E-state index contributed by atoms with van der Waals surface area (Å²) in [6.45, 7) is 1.16. The maximum atomic E-state index is 12.8. The first-order valence-electron chi connectivity index (χ1n) is 8.67. The second-order valence-corrected chi connectivity index (χ2v) is 6.71. The van der Waals surface area contributed by atoms with Crippen LogP contribution in [0.25, 0.3) is 10.9 Å². The number of halogens is 1. The number of nitrogens with zero attached hydrogens (tertiary/aromatic N) is 2. The van der Waals surface area contributed by atoms with Gasteiger partial charge in [0.25, 0.3) is 5.91 Å². The number of pyridine rings is 1. The van der Waals surface area contributed by atoms with Crippen molar-refractivity contribution in [1.29, 1.82) is 0 Å². The normalized spacial score (nSPS) is 21.0. The van der Waals surface area contributed by atoms with Crippen LogP contribution in [0, 0.1) is 5.92 Å². The monoisotopic (exact) mass is 359 g/mol. The van der Waals surface area contributed by atoms with Crippen molar-refractivity contribution >= 4 is 22.7 Å². The second kappa shape index (κ2) is 7.78. The van der Waals surface area contributed by atoms with E-state index in [1.807, 2.05) is 18.2 Å². The standard InChI is InChI=1S/C19H22FN3O3/c1-12(9-20)19(26)23-11-16(24)8-15(23)10-22-18(25)14-5-4-13-3-2-6-21-17(13)7-14/h2-7,12,15-16,24H,8-11H2,1H3,(H,22,25)/t12?,15-,16-/m1/s1. The molecule has 2 heterocycles. The molecule has 7 heteroatoms. The second-order valence-electron chi connectivity index (χ2n) is 6.71. The Kier molecular flexibility index (Phi) is 5.46. The highest BCUT2D eigenvalue weighted by Crippen LogP contribution is 2.20. The lowest BCUT2D eigenvalue weighted by Gasteiger charge is -2.26. The summed E-state index contributed by atoms with van der Waals surface area (Å²) in [5.74, 6) is -1.35. The van der Waals surface area contributed by atoms with E-state index in [9.17, 15) is 19.1 Å². The number of β-amino-alcohol motifs (C(OH)–C–C–N with tert-alkyl or cyclic N) is 1. The molecular weight excluding hydrogens is 337 g/mol. The average Bonchev–Trinajstić information content (AvgIpc) is 3.04. The lowest BCUT2D eigenvalue weighted by atomic mass is 10.1. The molecule has 0 aliphatic carbocycles. The van der Waals surface area contributed by atoms with E-state index in [-0.39, 0.29) is 30.9 Å². The number of benzene rings is 1. The first-order chi connectivity index (χ1) is 12.5. The molecule has 2 N–H and O–H groups in total. The number of likely N-dealkylation sites (tertiary alicyclic amines) is 1. The maximum absolute atomic E-state index is 12.8. The number of rotatable bonds is 5. The van der Waals surface area contributed by atoms with E-state index < -0.39 is 18.7 Å². The van der Waals surface area contributed by atoms with Gasteiger partial charge in [0.05, 0.1) is 23.6 Å². The fraction of sp³-hybridized carbons (Fsp3) is 0.421. The van der Waals surface area contributed by atoms with Gasteiger partial charge in [-0.25, -0.2) is 0 Å². The molecule has 2 amide bonds. The van der Waals surface area contributed by atoms with E-state index in [4.69, 9.17) is 0 Å². The summed E-state index contributed by atoms with van der Waals surface area (Å²) in [4.78, 5) is 30.4. The molecule has 1 aliphatic heterocycles. The topological polar surface area (TPSA) is 82.5 Å². The minimum atomic E-state index is -0.745. The van der Waals surface area contributed by atoms with Crippen molar-refractivity contribution < 1.29 is 19.1 Å². The van der Waals surface area contributed by atoms with Crippen LogP contribution in [0.15, 0.2) is 36.5 Å². The summed E-state index contributed by atoms with van der Waals surface area (Å²) in [5.41, 5.74) is 1.20. The summed E-state index contributed by atoms with van der Waals surface area (Å²) in [7, 11) is 0. The van der Waals surface area contributed by atoms with Crippen LogP contribution in [0.2, 0.25) is 0 Å². The van der Waals surface area contributed by atoms with Gasteiger partial charge in [0.1, 0.15) is 6.67 Å². The van der Waals surface area contributed by atoms with Gasteiger partial charge in [-0.2, -0.15) is 0 Å². The zero-order valence-corrected chi connectivity index (χ0v) is 14.6. The van der Waals surface area contributed by atoms with Crippen molar-refractivity contribution in [3.8, 4) is 0 Å². The molecule has 1 aromatic carbocycles. The number of aromatic nitrogens is 1. The van der Waals surface area contributed by atoms with Crippen molar-refractivity contribution in [2.24, 2.45) is 5.92 Å². The Hall–Kier alpha value is -2.54. The first-order valence-corrected chi connectivity index (χ1v) is 8.67. The average molecular weight is 359 g/mol. The molecule has 0 saturated carbocycles. The third-order valence-corrected chi connectivity index (χ3v) is 4.69. The number of alkyl halides is 1. The molecule has 6 nitrogen and oxygen atoms in total. The van der Waals surface area contributed by atoms with Gasteiger partial charge in [0.2, 0.25) is 5.91 Å². The number of carbonyl (C=O) groups excluding carboxylic acids is 2. The van der Waals surface area contributed by atoms with E-state index in [0.717, 1.165) is 10.9 Å². The molecule has 138 valence electrons. The van der Waals surface area contributed by atoms with Crippen LogP contribution in [0.1, 0.15) is 23.7 Å². The highest BCUT2D eigenvalue weighted by atomic mass is 19.1. The van der Waals surface area contributed by atoms with E-state index >= 15 is 0 Å². The molecule has 0 bridgehead atoms. The molecule has 1 saturated heterocycles. The van der Waals surface area contributed by atoms with Gasteiger partial charge in [-0.3, -0.25) is 19.0 Å². The smallest absolute Gasteiger partial charge is 0.251 e. The Morgan fingerprint density at radius 2 is 2.23 bits per heavy atom. The number of carbonyl (C=O) groups is 2. The Balaban J connectivity index is 1.66. The molecule has 26 heavy (non-hydrogen) atoms. The van der Waals surface area contributed by atoms with Gasteiger partial charge < -0.3 is 15.3 Å². The summed E-state index contributed by atoms with van der Waals surface area (Å²) >= 11 is 0. The number of hydrogen-bond donors (Lipinski definition) is 2. The van der Waals surface area contributed by atoms with E-state index in [1.54, 1.807) is 18.3 Å². The molecule has 0 spiro atoms. The molecule has 1 aromatic heterocycles. The summed E-state index contributed by atoms with van der Waals surface area (Å²) in [6.07, 6.45) is 1.38. The van der Waals surface area contributed by atoms with Crippen LogP contribution in [0.5, 0.6) is 0 Å². The van der Waals surface area contributed by atoms with Crippen molar-refractivity contribution in [3.63, 3.8) is 0 Å². The largest absolute Gasteiger partial charge is 0.391 e. The number of aliphatic hydroxyl groups excluding tert-OH is 1. The van der Waals surface area contributed by atoms with Crippen molar-refractivity contribution in [2.75, 3.05) is 19.8 Å². The van der Waals surface area contributed by atoms with Gasteiger partial charge in [0, 0.05) is 30.2 Å². The molecule has 3 atom stereocenters. The molecule has 0 radical (unpaired) electrons. The third-order valence-electron chi connectivity index (χ3n) is 4.69. The number of nitrogens with one attached hydrogen (secondary N) is 1. The van der Waals surface area contributed by atoms with Crippen LogP contribution in [-0.2, 0) is 4.79 Å². The number of hydrogen-bond acceptors (Lipinski definition) is 4. The van der Waals surface area contributed by atoms with E-state index in [2.05, 4.69) is 10.3 Å².